The third-order valence-electron chi connectivity index (χ3n) is 4.91. The molecule has 1 amide bonds. The van der Waals surface area contributed by atoms with E-state index in [-0.39, 0.29) is 5.91 Å². The number of carbonyl (C=O) groups excluding carboxylic acids is 1. The van der Waals surface area contributed by atoms with Gasteiger partial charge in [-0.2, -0.15) is 0 Å². The van der Waals surface area contributed by atoms with Crippen molar-refractivity contribution < 1.29 is 4.79 Å². The van der Waals surface area contributed by atoms with E-state index >= 15 is 0 Å². The summed E-state index contributed by atoms with van der Waals surface area (Å²) in [6.45, 7) is 5.00. The predicted molar refractivity (Wildman–Crippen MR) is 88.5 cm³/mol. The highest BCUT2D eigenvalue weighted by Gasteiger charge is 2.30. The second kappa shape index (κ2) is 6.49. The number of hydrogen-bond donors (Lipinski definition) is 1. The molecular formula is C17H23BrN2O. The third-order valence-corrected chi connectivity index (χ3v) is 5.77. The van der Waals surface area contributed by atoms with Crippen molar-refractivity contribution in [2.24, 2.45) is 5.92 Å². The lowest BCUT2D eigenvalue weighted by Crippen LogP contribution is -2.43. The standard InChI is InChI=1S/C17H23BrN2O/c1-12-4-5-14(11-15(12)18)17(21)20-9-6-13(7-10-20)16-3-2-8-19-16/h4-5,11,13,16,19H,2-3,6-10H2,1H3. The van der Waals surface area contributed by atoms with Crippen molar-refractivity contribution >= 4 is 21.8 Å². The summed E-state index contributed by atoms with van der Waals surface area (Å²) in [5.74, 6) is 0.926. The van der Waals surface area contributed by atoms with E-state index in [4.69, 9.17) is 0 Å². The fourth-order valence-electron chi connectivity index (χ4n) is 3.53. The number of benzene rings is 1. The van der Waals surface area contributed by atoms with Crippen LogP contribution in [-0.4, -0.2) is 36.5 Å². The number of carbonyl (C=O) groups is 1. The van der Waals surface area contributed by atoms with Gasteiger partial charge in [0.05, 0.1) is 0 Å². The van der Waals surface area contributed by atoms with Crippen molar-refractivity contribution in [2.45, 2.75) is 38.6 Å². The van der Waals surface area contributed by atoms with E-state index in [0.29, 0.717) is 6.04 Å². The Balaban J connectivity index is 1.60. The maximum Gasteiger partial charge on any atom is 0.253 e. The van der Waals surface area contributed by atoms with Crippen LogP contribution in [0.15, 0.2) is 22.7 Å². The van der Waals surface area contributed by atoms with Gasteiger partial charge in [0.1, 0.15) is 0 Å². The summed E-state index contributed by atoms with van der Waals surface area (Å²) in [6.07, 6.45) is 4.89. The average molecular weight is 351 g/mol. The van der Waals surface area contributed by atoms with Crippen LogP contribution in [0.4, 0.5) is 0 Å². The molecule has 0 spiro atoms. The van der Waals surface area contributed by atoms with Crippen molar-refractivity contribution in [1.29, 1.82) is 0 Å². The summed E-state index contributed by atoms with van der Waals surface area (Å²) in [5.41, 5.74) is 1.96. The summed E-state index contributed by atoms with van der Waals surface area (Å²) in [7, 11) is 0. The van der Waals surface area contributed by atoms with Crippen LogP contribution < -0.4 is 5.32 Å². The third kappa shape index (κ3) is 3.32. The molecule has 1 unspecified atom stereocenters. The highest BCUT2D eigenvalue weighted by molar-refractivity contribution is 9.10. The molecule has 0 aromatic heterocycles. The maximum atomic E-state index is 12.6. The molecule has 2 aliphatic heterocycles. The average Bonchev–Trinajstić information content (AvgIpc) is 3.04. The molecule has 0 bridgehead atoms. The van der Waals surface area contributed by atoms with Crippen molar-refractivity contribution in [3.05, 3.63) is 33.8 Å². The number of nitrogens with zero attached hydrogens (tertiary/aromatic N) is 1. The van der Waals surface area contributed by atoms with Crippen molar-refractivity contribution in [2.75, 3.05) is 19.6 Å². The van der Waals surface area contributed by atoms with Gasteiger partial charge in [0, 0.05) is 29.2 Å². The Morgan fingerprint density at radius 2 is 2.05 bits per heavy atom. The Bertz CT molecular complexity index is 518. The summed E-state index contributed by atoms with van der Waals surface area (Å²) in [5, 5.41) is 3.61. The van der Waals surface area contributed by atoms with Crippen LogP contribution in [0.25, 0.3) is 0 Å². The fraction of sp³-hybridized carbons (Fsp3) is 0.588. The fourth-order valence-corrected chi connectivity index (χ4v) is 3.91. The van der Waals surface area contributed by atoms with Crippen LogP contribution in [0.2, 0.25) is 0 Å². The molecule has 0 aliphatic carbocycles. The van der Waals surface area contributed by atoms with E-state index in [2.05, 4.69) is 21.2 Å². The minimum atomic E-state index is 0.175. The molecule has 3 rings (SSSR count). The minimum absolute atomic E-state index is 0.175. The lowest BCUT2D eigenvalue weighted by molar-refractivity contribution is 0.0674. The molecule has 3 nitrogen and oxygen atoms in total. The van der Waals surface area contributed by atoms with Crippen LogP contribution in [0, 0.1) is 12.8 Å². The number of hydrogen-bond acceptors (Lipinski definition) is 2. The molecule has 114 valence electrons. The van der Waals surface area contributed by atoms with Crippen LogP contribution in [-0.2, 0) is 0 Å². The Kier molecular flexibility index (Phi) is 4.65. The molecule has 0 saturated carbocycles. The first-order chi connectivity index (χ1) is 10.1. The first-order valence-corrected chi connectivity index (χ1v) is 8.73. The van der Waals surface area contributed by atoms with Crippen molar-refractivity contribution in [3.8, 4) is 0 Å². The number of likely N-dealkylation sites (tertiary alicyclic amines) is 1. The summed E-state index contributed by atoms with van der Waals surface area (Å²) in [6, 6.07) is 6.58. The second-order valence-corrected chi connectivity index (χ2v) is 7.15. The second-order valence-electron chi connectivity index (χ2n) is 6.30. The zero-order valence-corrected chi connectivity index (χ0v) is 14.2. The van der Waals surface area contributed by atoms with Gasteiger partial charge in [-0.05, 0) is 62.8 Å². The van der Waals surface area contributed by atoms with Gasteiger partial charge in [0.15, 0.2) is 0 Å². The Morgan fingerprint density at radius 1 is 1.29 bits per heavy atom. The topological polar surface area (TPSA) is 32.3 Å². The number of rotatable bonds is 2. The highest BCUT2D eigenvalue weighted by atomic mass is 79.9. The first-order valence-electron chi connectivity index (χ1n) is 7.94. The van der Waals surface area contributed by atoms with Gasteiger partial charge in [-0.1, -0.05) is 22.0 Å². The molecule has 1 N–H and O–H groups in total. The molecule has 21 heavy (non-hydrogen) atoms. The number of aryl methyl sites for hydroxylation is 1. The van der Waals surface area contributed by atoms with Crippen LogP contribution in [0.1, 0.15) is 41.6 Å². The van der Waals surface area contributed by atoms with Gasteiger partial charge in [-0.15, -0.1) is 0 Å². The predicted octanol–water partition coefficient (Wildman–Crippen LogP) is 3.36. The lowest BCUT2D eigenvalue weighted by atomic mass is 9.88. The summed E-state index contributed by atoms with van der Waals surface area (Å²) < 4.78 is 1.01. The Hall–Kier alpha value is -0.870. The minimum Gasteiger partial charge on any atom is -0.339 e. The van der Waals surface area contributed by atoms with Crippen molar-refractivity contribution in [3.63, 3.8) is 0 Å². The quantitative estimate of drug-likeness (QED) is 0.886. The lowest BCUT2D eigenvalue weighted by Gasteiger charge is -2.35. The van der Waals surface area contributed by atoms with Gasteiger partial charge in [0.25, 0.3) is 5.91 Å². The van der Waals surface area contributed by atoms with Gasteiger partial charge in [-0.25, -0.2) is 0 Å². The van der Waals surface area contributed by atoms with Crippen LogP contribution >= 0.6 is 15.9 Å². The molecule has 2 heterocycles. The molecule has 1 atom stereocenters. The molecule has 1 aromatic carbocycles. The van der Waals surface area contributed by atoms with E-state index in [1.807, 2.05) is 30.0 Å². The van der Waals surface area contributed by atoms with Gasteiger partial charge < -0.3 is 10.2 Å². The molecule has 2 aliphatic rings. The normalized spacial score (nSPS) is 23.5. The Morgan fingerprint density at radius 3 is 2.67 bits per heavy atom. The first kappa shape index (κ1) is 15.0. The molecule has 1 aromatic rings. The van der Waals surface area contributed by atoms with Crippen molar-refractivity contribution in [1.82, 2.24) is 10.2 Å². The summed E-state index contributed by atoms with van der Waals surface area (Å²) in [4.78, 5) is 14.6. The van der Waals surface area contributed by atoms with Crippen LogP contribution in [0.5, 0.6) is 0 Å². The van der Waals surface area contributed by atoms with Gasteiger partial charge >= 0.3 is 0 Å². The zero-order chi connectivity index (χ0) is 14.8. The van der Waals surface area contributed by atoms with E-state index in [1.54, 1.807) is 0 Å². The largest absolute Gasteiger partial charge is 0.339 e. The SMILES string of the molecule is Cc1ccc(C(=O)N2CCC(C3CCCN3)CC2)cc1Br. The number of nitrogens with one attached hydrogen (secondary N) is 1. The Labute approximate surface area is 135 Å². The van der Waals surface area contributed by atoms with Crippen LogP contribution in [0.3, 0.4) is 0 Å². The molecule has 2 saturated heterocycles. The molecule has 4 heteroatoms. The summed E-state index contributed by atoms with van der Waals surface area (Å²) >= 11 is 3.51. The maximum absolute atomic E-state index is 12.6. The smallest absolute Gasteiger partial charge is 0.253 e. The van der Waals surface area contributed by atoms with E-state index in [1.165, 1.54) is 19.4 Å². The highest BCUT2D eigenvalue weighted by Crippen LogP contribution is 2.27. The zero-order valence-electron chi connectivity index (χ0n) is 12.6. The monoisotopic (exact) mass is 350 g/mol. The van der Waals surface area contributed by atoms with E-state index < -0.39 is 0 Å². The van der Waals surface area contributed by atoms with Gasteiger partial charge in [-0.3, -0.25) is 4.79 Å². The van der Waals surface area contributed by atoms with E-state index in [0.717, 1.165) is 47.4 Å². The van der Waals surface area contributed by atoms with E-state index in [9.17, 15) is 4.79 Å². The number of piperidine rings is 1. The number of halogens is 1. The number of amides is 1. The molecular weight excluding hydrogens is 328 g/mol. The molecule has 0 radical (unpaired) electrons. The molecule has 2 fully saturated rings. The van der Waals surface area contributed by atoms with Gasteiger partial charge in [0.2, 0.25) is 0 Å².